The van der Waals surface area contributed by atoms with Crippen LogP contribution in [-0.4, -0.2) is 12.8 Å². The minimum absolute atomic E-state index is 0.260. The topological polar surface area (TPSA) is 46.2 Å². The van der Waals surface area contributed by atoms with E-state index in [2.05, 4.69) is 11.7 Å². The highest BCUT2D eigenvalue weighted by Crippen LogP contribution is 2.04. The molecule has 0 aromatic heterocycles. The summed E-state index contributed by atoms with van der Waals surface area (Å²) in [6, 6.07) is 0. The maximum atomic E-state index is 9.77. The fourth-order valence-corrected chi connectivity index (χ4v) is 0.786. The van der Waals surface area contributed by atoms with Crippen LogP contribution in [0.1, 0.15) is 26.7 Å². The highest BCUT2D eigenvalue weighted by atomic mass is 16.7. The molecule has 0 bridgehead atoms. The van der Waals surface area contributed by atoms with E-state index in [1.54, 1.807) is 0 Å². The monoisotopic (exact) mass is 145 g/mol. The maximum absolute atomic E-state index is 9.77. The number of ether oxygens (including phenoxy) is 1. The van der Waals surface area contributed by atoms with Crippen LogP contribution in [0.25, 0.3) is 0 Å². The van der Waals surface area contributed by atoms with Crippen LogP contribution in [0, 0.1) is 5.92 Å². The standard InChI is InChI=1S/C7H13O3/c1-3-4-6(2)5-10-7(8)9/h6H,3-5H2,1-2H3. The minimum Gasteiger partial charge on any atom is -0.431 e. The number of carbonyl (C=O) groups is 1. The van der Waals surface area contributed by atoms with Gasteiger partial charge in [-0.1, -0.05) is 20.3 Å². The largest absolute Gasteiger partial charge is 0.550 e. The van der Waals surface area contributed by atoms with E-state index in [-0.39, 0.29) is 6.61 Å². The highest BCUT2D eigenvalue weighted by molar-refractivity contribution is 5.56. The van der Waals surface area contributed by atoms with E-state index in [0.717, 1.165) is 12.8 Å². The summed E-state index contributed by atoms with van der Waals surface area (Å²) in [5.41, 5.74) is 0. The number of carbonyl (C=O) groups excluding carboxylic acids is 1. The zero-order valence-electron chi connectivity index (χ0n) is 6.42. The number of rotatable bonds is 4. The first-order chi connectivity index (χ1) is 4.66. The van der Waals surface area contributed by atoms with Gasteiger partial charge < -0.3 is 4.74 Å². The average molecular weight is 145 g/mol. The van der Waals surface area contributed by atoms with Crippen LogP contribution in [0.5, 0.6) is 0 Å². The van der Waals surface area contributed by atoms with E-state index in [1.807, 2.05) is 6.92 Å². The Morgan fingerprint density at radius 3 is 2.60 bits per heavy atom. The zero-order chi connectivity index (χ0) is 7.98. The molecule has 0 heterocycles. The van der Waals surface area contributed by atoms with Crippen LogP contribution >= 0.6 is 0 Å². The van der Waals surface area contributed by atoms with Crippen LogP contribution < -0.4 is 0 Å². The predicted molar refractivity (Wildman–Crippen MR) is 36.1 cm³/mol. The minimum atomic E-state index is -1.43. The van der Waals surface area contributed by atoms with Gasteiger partial charge in [0.2, 0.25) is 0 Å². The Hall–Kier alpha value is -0.730. The first-order valence-electron chi connectivity index (χ1n) is 3.50. The zero-order valence-corrected chi connectivity index (χ0v) is 6.42. The van der Waals surface area contributed by atoms with Gasteiger partial charge in [-0.15, -0.1) is 0 Å². The number of hydrogen-bond donors (Lipinski definition) is 0. The summed E-state index contributed by atoms with van der Waals surface area (Å²) in [7, 11) is 0. The van der Waals surface area contributed by atoms with E-state index in [1.165, 1.54) is 0 Å². The van der Waals surface area contributed by atoms with Gasteiger partial charge in [-0.05, 0) is 12.3 Å². The van der Waals surface area contributed by atoms with Gasteiger partial charge in [-0.25, -0.2) is 0 Å². The van der Waals surface area contributed by atoms with Crippen molar-refractivity contribution in [3.05, 3.63) is 0 Å². The van der Waals surface area contributed by atoms with Crippen molar-refractivity contribution in [1.29, 1.82) is 0 Å². The third kappa shape index (κ3) is 5.41. The summed E-state index contributed by atoms with van der Waals surface area (Å²) in [6.45, 7) is 4.26. The van der Waals surface area contributed by atoms with Crippen molar-refractivity contribution in [2.75, 3.05) is 6.61 Å². The Labute approximate surface area is 61.0 Å². The Morgan fingerprint density at radius 2 is 2.20 bits per heavy atom. The van der Waals surface area contributed by atoms with E-state index in [4.69, 9.17) is 0 Å². The molecule has 0 aliphatic carbocycles. The van der Waals surface area contributed by atoms with Crippen molar-refractivity contribution in [1.82, 2.24) is 0 Å². The smallest absolute Gasteiger partial charge is 0.431 e. The molecule has 10 heavy (non-hydrogen) atoms. The molecule has 0 rings (SSSR count). The predicted octanol–water partition coefficient (Wildman–Crippen LogP) is 1.99. The third-order valence-electron chi connectivity index (χ3n) is 1.27. The summed E-state index contributed by atoms with van der Waals surface area (Å²) in [5, 5.41) is 9.77. The van der Waals surface area contributed by atoms with Gasteiger partial charge in [0.1, 0.15) is 0 Å². The molecule has 0 fully saturated rings. The van der Waals surface area contributed by atoms with Crippen LogP contribution in [0.4, 0.5) is 4.79 Å². The SMILES string of the molecule is CCCC(C)COC([O])=O. The van der Waals surface area contributed by atoms with Gasteiger partial charge in [-0.3, -0.25) is 0 Å². The van der Waals surface area contributed by atoms with Gasteiger partial charge in [0.05, 0.1) is 6.61 Å². The van der Waals surface area contributed by atoms with E-state index in [0.29, 0.717) is 5.92 Å². The lowest BCUT2D eigenvalue weighted by Crippen LogP contribution is -2.08. The fraction of sp³-hybridized carbons (Fsp3) is 0.857. The van der Waals surface area contributed by atoms with Crippen molar-refractivity contribution >= 4 is 6.16 Å². The summed E-state index contributed by atoms with van der Waals surface area (Å²) in [4.78, 5) is 9.77. The molecule has 0 amide bonds. The fourth-order valence-electron chi connectivity index (χ4n) is 0.786. The molecule has 0 aliphatic heterocycles. The van der Waals surface area contributed by atoms with Crippen molar-refractivity contribution in [3.63, 3.8) is 0 Å². The number of hydrogen-bond acceptors (Lipinski definition) is 2. The molecule has 59 valence electrons. The van der Waals surface area contributed by atoms with Crippen LogP contribution in [0.2, 0.25) is 0 Å². The molecule has 3 heteroatoms. The Balaban J connectivity index is 3.21. The van der Waals surface area contributed by atoms with E-state index < -0.39 is 6.16 Å². The third-order valence-corrected chi connectivity index (χ3v) is 1.27. The quantitative estimate of drug-likeness (QED) is 0.568. The second-order valence-electron chi connectivity index (χ2n) is 2.45. The van der Waals surface area contributed by atoms with Crippen molar-refractivity contribution in [2.45, 2.75) is 26.7 Å². The van der Waals surface area contributed by atoms with Gasteiger partial charge in [0.25, 0.3) is 0 Å². The summed E-state index contributed by atoms with van der Waals surface area (Å²) in [5.74, 6) is 0.308. The molecule has 1 radical (unpaired) electrons. The van der Waals surface area contributed by atoms with Crippen molar-refractivity contribution in [3.8, 4) is 0 Å². The second kappa shape index (κ2) is 5.09. The van der Waals surface area contributed by atoms with Crippen LogP contribution in [-0.2, 0) is 9.84 Å². The lowest BCUT2D eigenvalue weighted by atomic mass is 10.1. The van der Waals surface area contributed by atoms with Crippen molar-refractivity contribution < 1.29 is 14.6 Å². The van der Waals surface area contributed by atoms with E-state index in [9.17, 15) is 9.90 Å². The van der Waals surface area contributed by atoms with Crippen LogP contribution in [0.15, 0.2) is 0 Å². The molecular weight excluding hydrogens is 132 g/mol. The summed E-state index contributed by atoms with van der Waals surface area (Å²) >= 11 is 0. The molecule has 0 N–H and O–H groups in total. The molecule has 3 nitrogen and oxygen atoms in total. The Bertz CT molecular complexity index is 101. The highest BCUT2D eigenvalue weighted by Gasteiger charge is 2.04. The Morgan fingerprint density at radius 1 is 1.60 bits per heavy atom. The molecule has 0 saturated carbocycles. The molecule has 1 atom stereocenters. The summed E-state index contributed by atoms with van der Waals surface area (Å²) in [6.07, 6.45) is 0.619. The van der Waals surface area contributed by atoms with E-state index >= 15 is 0 Å². The first-order valence-corrected chi connectivity index (χ1v) is 3.50. The lowest BCUT2D eigenvalue weighted by molar-refractivity contribution is 0.0561. The van der Waals surface area contributed by atoms with Crippen molar-refractivity contribution in [2.24, 2.45) is 5.92 Å². The van der Waals surface area contributed by atoms with Gasteiger partial charge in [0.15, 0.2) is 0 Å². The normalized spacial score (nSPS) is 12.6. The molecule has 0 spiro atoms. The molecule has 0 aromatic carbocycles. The second-order valence-corrected chi connectivity index (χ2v) is 2.45. The first kappa shape index (κ1) is 9.27. The summed E-state index contributed by atoms with van der Waals surface area (Å²) < 4.78 is 4.26. The molecular formula is C7H13O3. The molecule has 0 saturated heterocycles. The Kier molecular flexibility index (Phi) is 4.72. The van der Waals surface area contributed by atoms with Gasteiger partial charge in [-0.2, -0.15) is 9.90 Å². The molecule has 1 unspecified atom stereocenters. The van der Waals surface area contributed by atoms with Gasteiger partial charge in [0, 0.05) is 0 Å². The molecule has 0 aromatic rings. The average Bonchev–Trinajstić information content (AvgIpc) is 1.85. The lowest BCUT2D eigenvalue weighted by Gasteiger charge is -2.06. The maximum Gasteiger partial charge on any atom is 0.550 e. The van der Waals surface area contributed by atoms with Crippen LogP contribution in [0.3, 0.4) is 0 Å². The van der Waals surface area contributed by atoms with Gasteiger partial charge >= 0.3 is 6.16 Å². The molecule has 0 aliphatic rings.